The van der Waals surface area contributed by atoms with Crippen LogP contribution in [-0.2, 0) is 54.8 Å². The minimum Gasteiger partial charge on any atom is -0.497 e. The van der Waals surface area contributed by atoms with Crippen molar-refractivity contribution in [1.29, 1.82) is 0 Å². The number of hydrogen-bond donors (Lipinski definition) is 0. The molecular weight excluding hydrogens is 568 g/mol. The summed E-state index contributed by atoms with van der Waals surface area (Å²) in [5, 5.41) is 0. The van der Waals surface area contributed by atoms with Gasteiger partial charge in [-0.1, -0.05) is 102 Å². The Labute approximate surface area is 267 Å². The Hall–Kier alpha value is -3.56. The summed E-state index contributed by atoms with van der Waals surface area (Å²) in [5.74, 6) is 0.803. The Morgan fingerprint density at radius 2 is 1.02 bits per heavy atom. The van der Waals surface area contributed by atoms with Gasteiger partial charge < -0.3 is 33.2 Å². The normalized spacial score (nSPS) is 21.5. The minimum atomic E-state index is -0.690. The smallest absolute Gasteiger partial charge is 0.186 e. The molecule has 1 aliphatic heterocycles. The number of benzene rings is 4. The summed E-state index contributed by atoms with van der Waals surface area (Å²) in [6, 6.07) is 34.6. The quantitative estimate of drug-likeness (QED) is 0.144. The average molecular weight is 613 g/mol. The molecule has 5 atom stereocenters. The Morgan fingerprint density at radius 3 is 1.58 bits per heavy atom. The van der Waals surface area contributed by atoms with E-state index in [0.717, 1.165) is 28.0 Å². The molecule has 1 heterocycles. The Kier molecular flexibility index (Phi) is 12.2. The molecule has 0 aromatic heterocycles. The van der Waals surface area contributed by atoms with E-state index in [1.54, 1.807) is 14.2 Å². The zero-order valence-electron chi connectivity index (χ0n) is 26.6. The average Bonchev–Trinajstić information content (AvgIpc) is 3.08. The highest BCUT2D eigenvalue weighted by molar-refractivity contribution is 5.27. The van der Waals surface area contributed by atoms with E-state index >= 15 is 0 Å². The highest BCUT2D eigenvalue weighted by Crippen LogP contribution is 2.31. The van der Waals surface area contributed by atoms with E-state index in [1.165, 1.54) is 11.1 Å². The molecule has 0 radical (unpaired) electrons. The highest BCUT2D eigenvalue weighted by atomic mass is 16.7. The predicted molar refractivity (Wildman–Crippen MR) is 173 cm³/mol. The van der Waals surface area contributed by atoms with E-state index in [1.807, 2.05) is 54.6 Å². The second kappa shape index (κ2) is 16.7. The van der Waals surface area contributed by atoms with Crippen LogP contribution in [0.25, 0.3) is 0 Å². The summed E-state index contributed by atoms with van der Waals surface area (Å²) in [7, 11) is 3.28. The summed E-state index contributed by atoms with van der Waals surface area (Å²) in [5.41, 5.74) is 6.59. The lowest BCUT2D eigenvalue weighted by molar-refractivity contribution is -0.323. The third kappa shape index (κ3) is 9.47. The van der Waals surface area contributed by atoms with Crippen LogP contribution < -0.4 is 4.74 Å². The minimum absolute atomic E-state index is 0.278. The van der Waals surface area contributed by atoms with Crippen molar-refractivity contribution in [3.8, 4) is 5.75 Å². The molecule has 0 unspecified atom stereocenters. The van der Waals surface area contributed by atoms with Gasteiger partial charge in [0.15, 0.2) is 6.29 Å². The first-order valence-corrected chi connectivity index (χ1v) is 15.4. The van der Waals surface area contributed by atoms with Crippen LogP contribution in [0, 0.1) is 13.8 Å². The van der Waals surface area contributed by atoms with Crippen molar-refractivity contribution in [3.63, 3.8) is 0 Å². The molecule has 4 aromatic carbocycles. The fourth-order valence-electron chi connectivity index (χ4n) is 5.30. The van der Waals surface area contributed by atoms with Gasteiger partial charge in [-0.25, -0.2) is 0 Å². The van der Waals surface area contributed by atoms with Crippen molar-refractivity contribution >= 4 is 0 Å². The first-order valence-electron chi connectivity index (χ1n) is 15.4. The van der Waals surface area contributed by atoms with Crippen molar-refractivity contribution < 1.29 is 33.2 Å². The van der Waals surface area contributed by atoms with Gasteiger partial charge in [-0.3, -0.25) is 0 Å². The molecule has 1 fully saturated rings. The predicted octanol–water partition coefficient (Wildman–Crippen LogP) is 6.96. The third-order valence-corrected chi connectivity index (χ3v) is 7.94. The van der Waals surface area contributed by atoms with Crippen LogP contribution in [0.2, 0.25) is 0 Å². The number of aryl methyl sites for hydroxylation is 2. The van der Waals surface area contributed by atoms with Gasteiger partial charge in [-0.15, -0.1) is 0 Å². The van der Waals surface area contributed by atoms with E-state index in [-0.39, 0.29) is 6.61 Å². The van der Waals surface area contributed by atoms with E-state index in [2.05, 4.69) is 62.4 Å². The van der Waals surface area contributed by atoms with Crippen LogP contribution in [-0.4, -0.2) is 51.5 Å². The van der Waals surface area contributed by atoms with Crippen LogP contribution in [0.15, 0.2) is 103 Å². The van der Waals surface area contributed by atoms with Crippen LogP contribution in [0.5, 0.6) is 5.75 Å². The summed E-state index contributed by atoms with van der Waals surface area (Å²) in [6.07, 6.45) is -2.72. The van der Waals surface area contributed by atoms with E-state index in [9.17, 15) is 0 Å². The number of ether oxygens (including phenoxy) is 7. The van der Waals surface area contributed by atoms with Gasteiger partial charge in [0, 0.05) is 7.11 Å². The van der Waals surface area contributed by atoms with E-state index in [0.29, 0.717) is 26.4 Å². The largest absolute Gasteiger partial charge is 0.497 e. The summed E-state index contributed by atoms with van der Waals surface area (Å²) in [6.45, 7) is 5.98. The van der Waals surface area contributed by atoms with Crippen molar-refractivity contribution in [2.75, 3.05) is 20.8 Å². The van der Waals surface area contributed by atoms with Crippen molar-refractivity contribution in [2.45, 2.75) is 71.0 Å². The number of rotatable bonds is 15. The molecule has 4 aromatic rings. The molecule has 45 heavy (non-hydrogen) atoms. The zero-order valence-corrected chi connectivity index (χ0v) is 26.6. The Bertz CT molecular complexity index is 1410. The van der Waals surface area contributed by atoms with Crippen LogP contribution >= 0.6 is 0 Å². The van der Waals surface area contributed by atoms with E-state index < -0.39 is 30.7 Å². The first kappa shape index (κ1) is 32.8. The highest BCUT2D eigenvalue weighted by Gasteiger charge is 2.48. The fourth-order valence-corrected chi connectivity index (χ4v) is 5.30. The van der Waals surface area contributed by atoms with Gasteiger partial charge in [0.25, 0.3) is 0 Å². The van der Waals surface area contributed by atoms with Crippen LogP contribution in [0.3, 0.4) is 0 Å². The first-order chi connectivity index (χ1) is 22.0. The zero-order chi connectivity index (χ0) is 31.4. The molecule has 0 aliphatic carbocycles. The summed E-state index contributed by atoms with van der Waals surface area (Å²) >= 11 is 0. The van der Waals surface area contributed by atoms with Crippen LogP contribution in [0.1, 0.15) is 33.4 Å². The van der Waals surface area contributed by atoms with Crippen LogP contribution in [0.4, 0.5) is 0 Å². The Morgan fingerprint density at radius 1 is 0.533 bits per heavy atom. The molecule has 238 valence electrons. The topological polar surface area (TPSA) is 64.6 Å². The van der Waals surface area contributed by atoms with Gasteiger partial charge in [0.1, 0.15) is 30.2 Å². The molecule has 5 rings (SSSR count). The monoisotopic (exact) mass is 612 g/mol. The fraction of sp³-hybridized carbons (Fsp3) is 0.368. The Balaban J connectivity index is 1.38. The molecule has 0 bridgehead atoms. The maximum atomic E-state index is 6.70. The van der Waals surface area contributed by atoms with Gasteiger partial charge in [0.2, 0.25) is 0 Å². The van der Waals surface area contributed by atoms with Gasteiger partial charge >= 0.3 is 0 Å². The molecule has 0 N–H and O–H groups in total. The summed E-state index contributed by atoms with van der Waals surface area (Å²) in [4.78, 5) is 0. The molecule has 7 nitrogen and oxygen atoms in total. The molecule has 0 spiro atoms. The van der Waals surface area contributed by atoms with Crippen molar-refractivity contribution in [3.05, 3.63) is 137 Å². The SMILES string of the molecule is COc1ccc(COC[C@H]2O[C@H](OC)[C@H](OCc3ccc(C)cc3)[C@@H](OCc3ccc(C)cc3)[C@@H]2OCc2ccccc2)cc1. The maximum absolute atomic E-state index is 6.70. The molecule has 0 saturated carbocycles. The third-order valence-electron chi connectivity index (χ3n) is 7.94. The van der Waals surface area contributed by atoms with E-state index in [4.69, 9.17) is 33.2 Å². The second-order valence-corrected chi connectivity index (χ2v) is 11.4. The lowest BCUT2D eigenvalue weighted by Crippen LogP contribution is -2.61. The maximum Gasteiger partial charge on any atom is 0.186 e. The van der Waals surface area contributed by atoms with Crippen molar-refractivity contribution in [1.82, 2.24) is 0 Å². The summed E-state index contributed by atoms with van der Waals surface area (Å²) < 4.78 is 43.8. The molecular formula is C38H44O7. The number of hydrogen-bond acceptors (Lipinski definition) is 7. The lowest BCUT2D eigenvalue weighted by atomic mass is 9.97. The molecule has 7 heteroatoms. The lowest BCUT2D eigenvalue weighted by Gasteiger charge is -2.45. The number of methoxy groups -OCH3 is 2. The molecule has 1 saturated heterocycles. The second-order valence-electron chi connectivity index (χ2n) is 11.4. The van der Waals surface area contributed by atoms with Gasteiger partial charge in [0.05, 0.1) is 40.1 Å². The van der Waals surface area contributed by atoms with Gasteiger partial charge in [-0.05, 0) is 48.2 Å². The molecule has 0 amide bonds. The standard InChI is InChI=1S/C38H44O7/c1-27-10-14-31(15-11-27)24-43-36-35(42-23-29-8-6-5-7-9-29)34(26-41-22-30-18-20-33(39-3)21-19-30)45-38(40-4)37(36)44-25-32-16-12-28(2)13-17-32/h5-21,34-38H,22-26H2,1-4H3/t34-,35-,36+,37-,38+/m1/s1. The van der Waals surface area contributed by atoms with Gasteiger partial charge in [-0.2, -0.15) is 0 Å². The van der Waals surface area contributed by atoms with Crippen molar-refractivity contribution in [2.24, 2.45) is 0 Å². The molecule has 1 aliphatic rings.